The van der Waals surface area contributed by atoms with Crippen molar-refractivity contribution in [1.29, 1.82) is 0 Å². The van der Waals surface area contributed by atoms with Crippen molar-refractivity contribution >= 4 is 10.1 Å². The van der Waals surface area contributed by atoms with E-state index in [9.17, 15) is 13.5 Å². The van der Waals surface area contributed by atoms with Crippen LogP contribution in [0.1, 0.15) is 84.5 Å². The predicted octanol–water partition coefficient (Wildman–Crippen LogP) is 3.93. The Balaban J connectivity index is 3.55. The third kappa shape index (κ3) is 10.6. The third-order valence-electron chi connectivity index (χ3n) is 3.82. The maximum absolute atomic E-state index is 11.2. The van der Waals surface area contributed by atoms with Gasteiger partial charge >= 0.3 is 0 Å². The van der Waals surface area contributed by atoms with Gasteiger partial charge in [-0.15, -0.1) is 0 Å². The topological polar surface area (TPSA) is 74.6 Å². The van der Waals surface area contributed by atoms with Crippen LogP contribution in [-0.4, -0.2) is 29.4 Å². The molecule has 0 aromatic heterocycles. The molecule has 2 unspecified atom stereocenters. The van der Waals surface area contributed by atoms with Crippen LogP contribution in [0.5, 0.6) is 0 Å². The summed E-state index contributed by atoms with van der Waals surface area (Å²) in [6.07, 6.45) is 9.79. The quantitative estimate of drug-likeness (QED) is 0.399. The molecule has 2 N–H and O–H groups in total. The van der Waals surface area contributed by atoms with Gasteiger partial charge in [0.1, 0.15) is 0 Å². The van der Waals surface area contributed by atoms with Crippen molar-refractivity contribution in [3.63, 3.8) is 0 Å². The van der Waals surface area contributed by atoms with Gasteiger partial charge in [-0.05, 0) is 25.7 Å². The maximum atomic E-state index is 11.2. The first-order chi connectivity index (χ1) is 9.41. The van der Waals surface area contributed by atoms with Crippen LogP contribution in [0.2, 0.25) is 0 Å². The Hall–Kier alpha value is -0.130. The van der Waals surface area contributed by atoms with Crippen molar-refractivity contribution < 1.29 is 18.1 Å². The molecule has 0 saturated heterocycles. The molecule has 0 aliphatic rings. The molecule has 0 bridgehead atoms. The van der Waals surface area contributed by atoms with Gasteiger partial charge in [0.25, 0.3) is 10.1 Å². The average molecular weight is 308 g/mol. The van der Waals surface area contributed by atoms with Gasteiger partial charge in [0.15, 0.2) is 0 Å². The van der Waals surface area contributed by atoms with Gasteiger partial charge in [0.2, 0.25) is 0 Å². The molecule has 0 spiro atoms. The highest BCUT2D eigenvalue weighted by Gasteiger charge is 2.20. The molecule has 0 heterocycles. The van der Waals surface area contributed by atoms with Crippen molar-refractivity contribution in [3.8, 4) is 0 Å². The summed E-state index contributed by atoms with van der Waals surface area (Å²) in [5.41, 5.74) is 0. The average Bonchev–Trinajstić information content (AvgIpc) is 2.38. The van der Waals surface area contributed by atoms with Crippen LogP contribution < -0.4 is 0 Å². The van der Waals surface area contributed by atoms with Crippen LogP contribution in [-0.2, 0) is 10.1 Å². The Morgan fingerprint density at radius 3 is 1.80 bits per heavy atom. The zero-order valence-electron chi connectivity index (χ0n) is 13.1. The molecule has 0 aliphatic carbocycles. The first-order valence-electron chi connectivity index (χ1n) is 8.06. The van der Waals surface area contributed by atoms with Crippen LogP contribution in [0.4, 0.5) is 0 Å². The molecule has 2 atom stereocenters. The van der Waals surface area contributed by atoms with E-state index in [2.05, 4.69) is 0 Å². The lowest BCUT2D eigenvalue weighted by Crippen LogP contribution is -2.20. The first-order valence-corrected chi connectivity index (χ1v) is 9.56. The highest BCUT2D eigenvalue weighted by Crippen LogP contribution is 2.17. The van der Waals surface area contributed by atoms with Gasteiger partial charge in [0, 0.05) is 0 Å². The van der Waals surface area contributed by atoms with Crippen LogP contribution in [0.15, 0.2) is 0 Å². The van der Waals surface area contributed by atoms with Gasteiger partial charge in [0.05, 0.1) is 11.4 Å². The number of hydrogen-bond acceptors (Lipinski definition) is 3. The summed E-state index contributed by atoms with van der Waals surface area (Å²) in [4.78, 5) is 0. The summed E-state index contributed by atoms with van der Waals surface area (Å²) in [5.74, 6) is 0. The number of rotatable bonds is 13. The summed E-state index contributed by atoms with van der Waals surface area (Å²) in [6, 6.07) is 0. The molecule has 0 saturated carbocycles. The molecule has 5 heteroatoms. The Kier molecular flexibility index (Phi) is 11.4. The minimum atomic E-state index is -3.87. The van der Waals surface area contributed by atoms with Crippen molar-refractivity contribution in [2.45, 2.75) is 95.8 Å². The minimum Gasteiger partial charge on any atom is -0.393 e. The smallest absolute Gasteiger partial charge is 0.267 e. The van der Waals surface area contributed by atoms with Crippen LogP contribution >= 0.6 is 0 Å². The summed E-state index contributed by atoms with van der Waals surface area (Å²) in [5, 5.41) is 8.83. The summed E-state index contributed by atoms with van der Waals surface area (Å²) in [7, 11) is -3.87. The Bertz CT molecular complexity index is 314. The van der Waals surface area contributed by atoms with Gasteiger partial charge in [-0.3, -0.25) is 4.55 Å². The van der Waals surface area contributed by atoms with Gasteiger partial charge < -0.3 is 5.11 Å². The lowest BCUT2D eigenvalue weighted by Gasteiger charge is -2.12. The van der Waals surface area contributed by atoms with Crippen molar-refractivity contribution in [1.82, 2.24) is 0 Å². The molecule has 4 nitrogen and oxygen atoms in total. The number of unbranched alkanes of at least 4 members (excludes halogenated alkanes) is 5. The molecule has 0 aromatic carbocycles. The summed E-state index contributed by atoms with van der Waals surface area (Å²) >= 11 is 0. The van der Waals surface area contributed by atoms with E-state index in [0.717, 1.165) is 57.8 Å². The molecule has 0 radical (unpaired) electrons. The van der Waals surface area contributed by atoms with E-state index < -0.39 is 15.4 Å². The monoisotopic (exact) mass is 308 g/mol. The summed E-state index contributed by atoms with van der Waals surface area (Å²) < 4.78 is 31.4. The fourth-order valence-electron chi connectivity index (χ4n) is 2.43. The summed E-state index contributed by atoms with van der Waals surface area (Å²) in [6.45, 7) is 3.93. The molecule has 0 aliphatic heterocycles. The highest BCUT2D eigenvalue weighted by atomic mass is 32.2. The first kappa shape index (κ1) is 19.9. The van der Waals surface area contributed by atoms with Crippen LogP contribution in [0.3, 0.4) is 0 Å². The predicted molar refractivity (Wildman–Crippen MR) is 83.5 cm³/mol. The fourth-order valence-corrected chi connectivity index (χ4v) is 3.43. The van der Waals surface area contributed by atoms with E-state index in [1.807, 2.05) is 13.8 Å². The third-order valence-corrected chi connectivity index (χ3v) is 5.13. The Morgan fingerprint density at radius 2 is 1.35 bits per heavy atom. The SMILES string of the molecule is CCCC(CCCCCCCCC(O)CC)S(=O)(=O)O. The molecule has 20 heavy (non-hydrogen) atoms. The Labute approximate surface area is 124 Å². The second-order valence-electron chi connectivity index (χ2n) is 5.69. The second-order valence-corrected chi connectivity index (χ2v) is 7.38. The molecule has 122 valence electrons. The largest absolute Gasteiger partial charge is 0.393 e. The molecular weight excluding hydrogens is 276 g/mol. The van der Waals surface area contributed by atoms with Gasteiger partial charge in [-0.25, -0.2) is 0 Å². The zero-order valence-corrected chi connectivity index (χ0v) is 13.9. The molecule has 0 fully saturated rings. The van der Waals surface area contributed by atoms with Crippen molar-refractivity contribution in [2.24, 2.45) is 0 Å². The van der Waals surface area contributed by atoms with Crippen LogP contribution in [0.25, 0.3) is 0 Å². The van der Waals surface area contributed by atoms with E-state index >= 15 is 0 Å². The maximum Gasteiger partial charge on any atom is 0.267 e. The normalized spacial score (nSPS) is 15.2. The van der Waals surface area contributed by atoms with Gasteiger partial charge in [-0.1, -0.05) is 58.8 Å². The van der Waals surface area contributed by atoms with Crippen LogP contribution in [0, 0.1) is 0 Å². The molecular formula is C15H32O4S. The van der Waals surface area contributed by atoms with E-state index in [4.69, 9.17) is 4.55 Å². The number of hydrogen-bond donors (Lipinski definition) is 2. The zero-order chi connectivity index (χ0) is 15.4. The van der Waals surface area contributed by atoms with E-state index in [1.54, 1.807) is 0 Å². The standard InChI is InChI=1S/C15H32O4S/c1-3-11-15(20(17,18)19)13-10-8-6-5-7-9-12-14(16)4-2/h14-16H,3-13H2,1-2H3,(H,17,18,19). The minimum absolute atomic E-state index is 0.153. The van der Waals surface area contributed by atoms with Crippen molar-refractivity contribution in [2.75, 3.05) is 0 Å². The molecule has 0 aromatic rings. The highest BCUT2D eigenvalue weighted by molar-refractivity contribution is 7.86. The Morgan fingerprint density at radius 1 is 0.850 bits per heavy atom. The number of aliphatic hydroxyl groups is 1. The number of aliphatic hydroxyl groups excluding tert-OH is 1. The lowest BCUT2D eigenvalue weighted by atomic mass is 10.0. The van der Waals surface area contributed by atoms with E-state index in [-0.39, 0.29) is 6.10 Å². The second kappa shape index (κ2) is 11.5. The van der Waals surface area contributed by atoms with E-state index in [1.165, 1.54) is 0 Å². The molecule has 0 amide bonds. The lowest BCUT2D eigenvalue weighted by molar-refractivity contribution is 0.156. The fraction of sp³-hybridized carbons (Fsp3) is 1.00. The van der Waals surface area contributed by atoms with E-state index in [0.29, 0.717) is 12.8 Å². The molecule has 0 rings (SSSR count). The van der Waals surface area contributed by atoms with Gasteiger partial charge in [-0.2, -0.15) is 8.42 Å². The van der Waals surface area contributed by atoms with Crippen molar-refractivity contribution in [3.05, 3.63) is 0 Å².